The molecule has 1 saturated heterocycles. The van der Waals surface area contributed by atoms with Crippen LogP contribution in [0.15, 0.2) is 64.0 Å². The molecule has 1 N–H and O–H groups in total. The summed E-state index contributed by atoms with van der Waals surface area (Å²) in [5, 5.41) is 2.88. The van der Waals surface area contributed by atoms with E-state index in [0.29, 0.717) is 19.5 Å². The maximum atomic E-state index is 13.0. The highest BCUT2D eigenvalue weighted by molar-refractivity contribution is 9.10. The molecule has 1 heterocycles. The van der Waals surface area contributed by atoms with Crippen molar-refractivity contribution in [2.45, 2.75) is 36.7 Å². The van der Waals surface area contributed by atoms with E-state index in [4.69, 9.17) is 0 Å². The van der Waals surface area contributed by atoms with Crippen LogP contribution in [0.4, 0.5) is 0 Å². The van der Waals surface area contributed by atoms with Gasteiger partial charge in [0.1, 0.15) is 6.04 Å². The molecule has 1 aliphatic rings. The molecular weight excluding hydrogens is 416 g/mol. The van der Waals surface area contributed by atoms with Crippen molar-refractivity contribution in [2.75, 3.05) is 6.54 Å². The molecular formula is C19H21BrN2O3S. The zero-order valence-corrected chi connectivity index (χ0v) is 16.7. The Morgan fingerprint density at radius 3 is 2.46 bits per heavy atom. The molecule has 2 aromatic rings. The van der Waals surface area contributed by atoms with Gasteiger partial charge in [-0.3, -0.25) is 4.79 Å². The molecule has 1 aliphatic heterocycles. The Balaban J connectivity index is 1.76. The molecule has 26 heavy (non-hydrogen) atoms. The minimum atomic E-state index is -3.70. The van der Waals surface area contributed by atoms with Gasteiger partial charge in [0.05, 0.1) is 4.90 Å². The summed E-state index contributed by atoms with van der Waals surface area (Å²) >= 11 is 3.31. The molecule has 0 aromatic heterocycles. The van der Waals surface area contributed by atoms with Crippen LogP contribution in [0.5, 0.6) is 0 Å². The lowest BCUT2D eigenvalue weighted by Gasteiger charge is -2.33. The van der Waals surface area contributed by atoms with Gasteiger partial charge in [-0.1, -0.05) is 52.7 Å². The molecule has 0 saturated carbocycles. The molecule has 5 nitrogen and oxygen atoms in total. The number of carbonyl (C=O) groups is 1. The van der Waals surface area contributed by atoms with Crippen molar-refractivity contribution < 1.29 is 13.2 Å². The van der Waals surface area contributed by atoms with E-state index in [2.05, 4.69) is 21.2 Å². The van der Waals surface area contributed by atoms with Crippen molar-refractivity contribution >= 4 is 31.9 Å². The van der Waals surface area contributed by atoms with E-state index >= 15 is 0 Å². The van der Waals surface area contributed by atoms with Crippen molar-refractivity contribution in [1.82, 2.24) is 9.62 Å². The predicted octanol–water partition coefficient (Wildman–Crippen LogP) is 3.31. The number of nitrogens with one attached hydrogen (secondary N) is 1. The number of sulfonamides is 1. The number of hydrogen-bond acceptors (Lipinski definition) is 3. The monoisotopic (exact) mass is 436 g/mol. The summed E-state index contributed by atoms with van der Waals surface area (Å²) in [6, 6.07) is 15.4. The van der Waals surface area contributed by atoms with Gasteiger partial charge >= 0.3 is 0 Å². The number of halogens is 1. The molecule has 1 fully saturated rings. The summed E-state index contributed by atoms with van der Waals surface area (Å²) in [7, 11) is -3.70. The highest BCUT2D eigenvalue weighted by atomic mass is 79.9. The minimum absolute atomic E-state index is 0.212. The van der Waals surface area contributed by atoms with Crippen molar-refractivity contribution in [1.29, 1.82) is 0 Å². The Bertz CT molecular complexity index is 854. The van der Waals surface area contributed by atoms with Crippen molar-refractivity contribution in [3.63, 3.8) is 0 Å². The third kappa shape index (κ3) is 4.34. The highest BCUT2D eigenvalue weighted by Crippen LogP contribution is 2.26. The molecule has 138 valence electrons. The fourth-order valence-corrected chi connectivity index (χ4v) is 5.02. The fraction of sp³-hybridized carbons (Fsp3) is 0.316. The average molecular weight is 437 g/mol. The lowest BCUT2D eigenvalue weighted by Crippen LogP contribution is -2.51. The van der Waals surface area contributed by atoms with E-state index < -0.39 is 16.1 Å². The Kier molecular flexibility index (Phi) is 6.11. The van der Waals surface area contributed by atoms with Gasteiger partial charge in [-0.15, -0.1) is 0 Å². The largest absolute Gasteiger partial charge is 0.351 e. The van der Waals surface area contributed by atoms with Gasteiger partial charge in [0.2, 0.25) is 15.9 Å². The topological polar surface area (TPSA) is 66.5 Å². The smallest absolute Gasteiger partial charge is 0.243 e. The Labute approximate surface area is 162 Å². The van der Waals surface area contributed by atoms with Crippen LogP contribution in [0, 0.1) is 0 Å². The van der Waals surface area contributed by atoms with E-state index in [1.165, 1.54) is 4.31 Å². The van der Waals surface area contributed by atoms with Crippen molar-refractivity contribution in [3.05, 3.63) is 64.6 Å². The quantitative estimate of drug-likeness (QED) is 0.781. The summed E-state index contributed by atoms with van der Waals surface area (Å²) in [6.07, 6.45) is 2.14. The summed E-state index contributed by atoms with van der Waals surface area (Å²) in [4.78, 5) is 12.9. The first kappa shape index (κ1) is 19.1. The number of piperidine rings is 1. The zero-order valence-electron chi connectivity index (χ0n) is 14.3. The van der Waals surface area contributed by atoms with E-state index in [0.717, 1.165) is 22.9 Å². The second-order valence-corrected chi connectivity index (χ2v) is 9.09. The lowest BCUT2D eigenvalue weighted by atomic mass is 10.0. The van der Waals surface area contributed by atoms with Crippen LogP contribution in [-0.4, -0.2) is 31.2 Å². The van der Waals surface area contributed by atoms with Crippen LogP contribution in [-0.2, 0) is 21.4 Å². The van der Waals surface area contributed by atoms with E-state index in [9.17, 15) is 13.2 Å². The van der Waals surface area contributed by atoms with Crippen LogP contribution in [0.3, 0.4) is 0 Å². The van der Waals surface area contributed by atoms with Gasteiger partial charge in [0.25, 0.3) is 0 Å². The molecule has 1 amide bonds. The molecule has 0 radical (unpaired) electrons. The molecule has 1 atom stereocenters. The van der Waals surface area contributed by atoms with Gasteiger partial charge < -0.3 is 5.32 Å². The first-order valence-electron chi connectivity index (χ1n) is 8.57. The maximum absolute atomic E-state index is 13.0. The van der Waals surface area contributed by atoms with E-state index in [1.807, 2.05) is 30.3 Å². The van der Waals surface area contributed by atoms with Gasteiger partial charge in [0.15, 0.2) is 0 Å². The van der Waals surface area contributed by atoms with Crippen LogP contribution < -0.4 is 5.32 Å². The summed E-state index contributed by atoms with van der Waals surface area (Å²) < 4.78 is 28.2. The van der Waals surface area contributed by atoms with Crippen LogP contribution in [0.25, 0.3) is 0 Å². The second kappa shape index (κ2) is 8.33. The molecule has 0 spiro atoms. The normalized spacial score (nSPS) is 18.4. The number of nitrogens with zero attached hydrogens (tertiary/aromatic N) is 1. The SMILES string of the molecule is O=C(NCc1ccccc1)[C@@H]1CCCCN1S(=O)(=O)c1ccc(Br)cc1. The van der Waals surface area contributed by atoms with E-state index in [1.54, 1.807) is 24.3 Å². The van der Waals surface area contributed by atoms with Crippen LogP contribution >= 0.6 is 15.9 Å². The van der Waals surface area contributed by atoms with Crippen LogP contribution in [0.1, 0.15) is 24.8 Å². The van der Waals surface area contributed by atoms with Gasteiger partial charge in [-0.2, -0.15) is 4.31 Å². The fourth-order valence-electron chi connectivity index (χ4n) is 3.10. The number of rotatable bonds is 5. The third-order valence-corrected chi connectivity index (χ3v) is 6.94. The van der Waals surface area contributed by atoms with Gasteiger partial charge in [-0.25, -0.2) is 8.42 Å². The molecule has 0 unspecified atom stereocenters. The number of hydrogen-bond donors (Lipinski definition) is 1. The highest BCUT2D eigenvalue weighted by Gasteiger charge is 2.37. The minimum Gasteiger partial charge on any atom is -0.351 e. The van der Waals surface area contributed by atoms with Crippen molar-refractivity contribution in [2.24, 2.45) is 0 Å². The third-order valence-electron chi connectivity index (χ3n) is 4.49. The molecule has 3 rings (SSSR count). The second-order valence-electron chi connectivity index (χ2n) is 6.28. The molecule has 7 heteroatoms. The summed E-state index contributed by atoms with van der Waals surface area (Å²) in [6.45, 7) is 0.754. The van der Waals surface area contributed by atoms with Crippen molar-refractivity contribution in [3.8, 4) is 0 Å². The molecule has 2 aromatic carbocycles. The van der Waals surface area contributed by atoms with Gasteiger partial charge in [-0.05, 0) is 42.7 Å². The Hall–Kier alpha value is -1.70. The lowest BCUT2D eigenvalue weighted by molar-refractivity contribution is -0.125. The molecule has 0 bridgehead atoms. The predicted molar refractivity (Wildman–Crippen MR) is 104 cm³/mol. The number of carbonyl (C=O) groups excluding carboxylic acids is 1. The van der Waals surface area contributed by atoms with Crippen LogP contribution in [0.2, 0.25) is 0 Å². The first-order valence-corrected chi connectivity index (χ1v) is 10.8. The Morgan fingerprint density at radius 1 is 1.08 bits per heavy atom. The molecule has 0 aliphatic carbocycles. The number of benzene rings is 2. The maximum Gasteiger partial charge on any atom is 0.243 e. The zero-order chi connectivity index (χ0) is 18.6. The Morgan fingerprint density at radius 2 is 1.77 bits per heavy atom. The standard InChI is InChI=1S/C19H21BrN2O3S/c20-16-9-11-17(12-10-16)26(24,25)22-13-5-4-8-18(22)19(23)21-14-15-6-2-1-3-7-15/h1-3,6-7,9-12,18H,4-5,8,13-14H2,(H,21,23)/t18-/m0/s1. The van der Waals surface area contributed by atoms with Gasteiger partial charge in [0, 0.05) is 17.6 Å². The summed E-state index contributed by atoms with van der Waals surface area (Å²) in [5.41, 5.74) is 0.985. The summed E-state index contributed by atoms with van der Waals surface area (Å²) in [5.74, 6) is -0.241. The van der Waals surface area contributed by atoms with E-state index in [-0.39, 0.29) is 10.8 Å². The number of amides is 1. The first-order chi connectivity index (χ1) is 12.5. The average Bonchev–Trinajstić information content (AvgIpc) is 2.67.